The quantitative estimate of drug-likeness (QED) is 0.176. The number of carboxylic acid groups (broad SMARTS) is 1. The number of rotatable bonds is 11. The maximum absolute atomic E-state index is 12.8. The van der Waals surface area contributed by atoms with Crippen LogP contribution in [0.25, 0.3) is 0 Å². The summed E-state index contributed by atoms with van der Waals surface area (Å²) in [4.78, 5) is 53.4. The number of aliphatic hydroxyl groups is 1. The smallest absolute Gasteiger partial charge is 0.326 e. The lowest BCUT2D eigenvalue weighted by Gasteiger charge is -2.58. The average molecular weight is 613 g/mol. The topological polar surface area (TPSA) is 180 Å². The van der Waals surface area contributed by atoms with Gasteiger partial charge in [0, 0.05) is 11.8 Å². The number of hydrogen-bond donors (Lipinski definition) is 5. The predicted octanol–water partition coefficient (Wildman–Crippen LogP) is 2.66. The third-order valence-electron chi connectivity index (χ3n) is 11.3. The molecular formula is C33H48N4O7. The molecule has 4 aliphatic rings. The summed E-state index contributed by atoms with van der Waals surface area (Å²) in [7, 11) is 0. The van der Waals surface area contributed by atoms with Crippen molar-refractivity contribution in [2.45, 2.75) is 110 Å². The van der Waals surface area contributed by atoms with Crippen molar-refractivity contribution >= 4 is 29.4 Å². The van der Waals surface area contributed by atoms with Gasteiger partial charge >= 0.3 is 5.97 Å². The Morgan fingerprint density at radius 2 is 1.82 bits per heavy atom. The second-order valence-corrected chi connectivity index (χ2v) is 14.1. The summed E-state index contributed by atoms with van der Waals surface area (Å²) < 4.78 is 0. The maximum atomic E-state index is 12.8. The van der Waals surface area contributed by atoms with E-state index in [9.17, 15) is 29.4 Å². The molecule has 0 spiro atoms. The van der Waals surface area contributed by atoms with E-state index in [4.69, 9.17) is 17.0 Å². The molecule has 0 aliphatic heterocycles. The number of carbonyl (C=O) groups excluding carboxylic acids is 3. The van der Waals surface area contributed by atoms with Crippen molar-refractivity contribution in [3.05, 3.63) is 11.6 Å². The number of aliphatic carboxylic acids is 1. The first-order valence-corrected chi connectivity index (χ1v) is 15.9. The summed E-state index contributed by atoms with van der Waals surface area (Å²) in [6.07, 6.45) is 14.9. The van der Waals surface area contributed by atoms with E-state index >= 15 is 0 Å². The summed E-state index contributed by atoms with van der Waals surface area (Å²) in [6, 6.07) is -2.31. The third kappa shape index (κ3) is 6.37. The van der Waals surface area contributed by atoms with Crippen LogP contribution in [0.2, 0.25) is 0 Å². The van der Waals surface area contributed by atoms with Gasteiger partial charge in [-0.15, -0.1) is 6.42 Å². The maximum Gasteiger partial charge on any atom is 0.326 e. The van der Waals surface area contributed by atoms with E-state index in [2.05, 4.69) is 41.6 Å². The molecule has 0 aromatic heterocycles. The number of allylic oxidation sites excluding steroid dienone is 2. The Labute approximate surface area is 259 Å². The first kappa shape index (κ1) is 33.5. The molecule has 3 amide bonds. The molecule has 11 heteroatoms. The fraction of sp³-hybridized carbons (Fsp3) is 0.727. The van der Waals surface area contributed by atoms with E-state index in [0.29, 0.717) is 24.2 Å². The lowest BCUT2D eigenvalue weighted by molar-refractivity contribution is -0.143. The molecule has 8 atom stereocenters. The molecule has 242 valence electrons. The molecule has 0 radical (unpaired) electrons. The number of hydrogen-bond acceptors (Lipinski definition) is 7. The Balaban J connectivity index is 1.34. The fourth-order valence-electron chi connectivity index (χ4n) is 8.63. The van der Waals surface area contributed by atoms with E-state index in [1.807, 2.05) is 0 Å². The Morgan fingerprint density at radius 3 is 2.45 bits per heavy atom. The van der Waals surface area contributed by atoms with Gasteiger partial charge in [-0.05, 0) is 93.0 Å². The minimum Gasteiger partial charge on any atom is -0.480 e. The summed E-state index contributed by atoms with van der Waals surface area (Å²) in [5.41, 5.74) is 6.07. The molecule has 4 rings (SSSR count). The summed E-state index contributed by atoms with van der Waals surface area (Å²) in [5.74, 6) is 0.706. The monoisotopic (exact) mass is 612 g/mol. The number of nitrogens with zero attached hydrogens (tertiary/aromatic N) is 1. The van der Waals surface area contributed by atoms with E-state index < -0.39 is 48.0 Å². The van der Waals surface area contributed by atoms with Crippen molar-refractivity contribution in [3.63, 3.8) is 0 Å². The van der Waals surface area contributed by atoms with Crippen LogP contribution in [-0.4, -0.2) is 63.9 Å². The second kappa shape index (κ2) is 12.9. The van der Waals surface area contributed by atoms with Crippen LogP contribution in [0.5, 0.6) is 0 Å². The van der Waals surface area contributed by atoms with Crippen LogP contribution in [0.4, 0.5) is 0 Å². The van der Waals surface area contributed by atoms with Gasteiger partial charge in [0.2, 0.25) is 11.8 Å². The second-order valence-electron chi connectivity index (χ2n) is 14.1. The number of carboxylic acids is 1. The number of terminal acetylenes is 1. The van der Waals surface area contributed by atoms with Gasteiger partial charge in [-0.25, -0.2) is 4.79 Å². The average Bonchev–Trinajstić information content (AvgIpc) is 3.24. The zero-order valence-corrected chi connectivity index (χ0v) is 26.4. The first-order chi connectivity index (χ1) is 20.6. The van der Waals surface area contributed by atoms with Crippen molar-refractivity contribution in [2.24, 2.45) is 45.4 Å². The van der Waals surface area contributed by atoms with Crippen molar-refractivity contribution < 1.29 is 34.2 Å². The minimum atomic E-state index is -1.31. The van der Waals surface area contributed by atoms with Crippen LogP contribution >= 0.6 is 0 Å². The Bertz CT molecular complexity index is 1270. The van der Waals surface area contributed by atoms with Crippen molar-refractivity contribution in [1.29, 1.82) is 0 Å². The van der Waals surface area contributed by atoms with Crippen molar-refractivity contribution in [2.75, 3.05) is 6.61 Å². The number of oxime groups is 1. The van der Waals surface area contributed by atoms with Gasteiger partial charge in [-0.1, -0.05) is 44.3 Å². The number of carbonyl (C=O) groups is 4. The van der Waals surface area contributed by atoms with E-state index in [1.54, 1.807) is 13.8 Å². The van der Waals surface area contributed by atoms with Gasteiger partial charge in [-0.2, -0.15) is 0 Å². The van der Waals surface area contributed by atoms with Crippen molar-refractivity contribution in [1.82, 2.24) is 10.6 Å². The molecule has 44 heavy (non-hydrogen) atoms. The minimum absolute atomic E-state index is 0.0561. The van der Waals surface area contributed by atoms with Crippen LogP contribution < -0.4 is 16.4 Å². The van der Waals surface area contributed by atoms with Gasteiger partial charge in [-0.3, -0.25) is 14.4 Å². The zero-order chi connectivity index (χ0) is 32.4. The normalized spacial score (nSPS) is 34.8. The SMILES string of the molecule is C#CC1(O)CCC2C3CCC4=CC(=NOCC(=O)NC(C(=O)NC(CCC(N)=O)C(=O)O)C(C)C)CCC4(C)C3CCC21C. The molecule has 0 saturated heterocycles. The highest BCUT2D eigenvalue weighted by Gasteiger charge is 2.63. The molecular weight excluding hydrogens is 564 g/mol. The lowest BCUT2D eigenvalue weighted by Crippen LogP contribution is -2.54. The molecule has 6 N–H and O–H groups in total. The fourth-order valence-corrected chi connectivity index (χ4v) is 8.63. The van der Waals surface area contributed by atoms with Crippen LogP contribution in [0.1, 0.15) is 91.9 Å². The third-order valence-corrected chi connectivity index (χ3v) is 11.3. The van der Waals surface area contributed by atoms with Gasteiger partial charge in [0.05, 0.1) is 5.71 Å². The first-order valence-electron chi connectivity index (χ1n) is 15.9. The largest absolute Gasteiger partial charge is 0.480 e. The van der Waals surface area contributed by atoms with Gasteiger partial charge in [0.25, 0.3) is 5.91 Å². The number of primary amides is 1. The van der Waals surface area contributed by atoms with Gasteiger partial charge < -0.3 is 31.4 Å². The predicted molar refractivity (Wildman–Crippen MR) is 164 cm³/mol. The standard InChI is InChI=1S/C33H48N4O7/c1-6-33(43)16-13-24-22-8-7-20-17-21(11-14-31(20,4)23(22)12-15-32(24,33)5)37-44-18-27(39)36-28(19(2)3)29(40)35-25(30(41)42)9-10-26(34)38/h1,17,19,22-25,28,43H,7-16,18H2,2-5H3,(H2,34,38)(H,35,40)(H,36,39)(H,41,42). The van der Waals surface area contributed by atoms with Gasteiger partial charge in [0.15, 0.2) is 6.61 Å². The summed E-state index contributed by atoms with van der Waals surface area (Å²) >= 11 is 0. The van der Waals surface area contributed by atoms with Crippen LogP contribution in [0, 0.1) is 46.8 Å². The molecule has 0 aromatic rings. The highest BCUT2D eigenvalue weighted by atomic mass is 16.6. The number of nitrogens with two attached hydrogens (primary N) is 1. The molecule has 8 unspecified atom stereocenters. The Morgan fingerprint density at radius 1 is 1.11 bits per heavy atom. The van der Waals surface area contributed by atoms with E-state index in [-0.39, 0.29) is 29.6 Å². The molecule has 4 aliphatic carbocycles. The zero-order valence-electron chi connectivity index (χ0n) is 26.4. The lowest BCUT2D eigenvalue weighted by atomic mass is 9.46. The highest BCUT2D eigenvalue weighted by Crippen LogP contribution is 2.67. The molecule has 0 heterocycles. The summed E-state index contributed by atoms with van der Waals surface area (Å²) in [5, 5.41) is 29.9. The molecule has 0 bridgehead atoms. The van der Waals surface area contributed by atoms with E-state index in [1.165, 1.54) is 5.57 Å². The molecule has 0 aromatic carbocycles. The molecule has 3 saturated carbocycles. The molecule has 11 nitrogen and oxygen atoms in total. The van der Waals surface area contributed by atoms with Crippen LogP contribution in [0.15, 0.2) is 16.8 Å². The Kier molecular flexibility index (Phi) is 9.84. The summed E-state index contributed by atoms with van der Waals surface area (Å²) in [6.45, 7) is 7.61. The number of nitrogens with one attached hydrogen (secondary N) is 2. The van der Waals surface area contributed by atoms with Gasteiger partial charge in [0.1, 0.15) is 17.7 Å². The van der Waals surface area contributed by atoms with Crippen molar-refractivity contribution in [3.8, 4) is 12.3 Å². The van der Waals surface area contributed by atoms with E-state index in [0.717, 1.165) is 50.7 Å². The number of amides is 3. The highest BCUT2D eigenvalue weighted by molar-refractivity contribution is 5.96. The van der Waals surface area contributed by atoms with Crippen LogP contribution in [0.3, 0.4) is 0 Å². The Hall–Kier alpha value is -3.39. The van der Waals surface area contributed by atoms with Crippen LogP contribution in [-0.2, 0) is 24.0 Å². The molecule has 3 fully saturated rings. The number of fused-ring (bicyclic) bond motifs is 5.